The third kappa shape index (κ3) is 3.67. The Hall–Kier alpha value is -1.13. The van der Waals surface area contributed by atoms with Crippen LogP contribution in [0.5, 0.6) is 0 Å². The lowest BCUT2D eigenvalue weighted by molar-refractivity contribution is 0.0685. The predicted octanol–water partition coefficient (Wildman–Crippen LogP) is 2.74. The van der Waals surface area contributed by atoms with Gasteiger partial charge in [0.15, 0.2) is 0 Å². The number of anilines is 1. The van der Waals surface area contributed by atoms with Gasteiger partial charge in [0.05, 0.1) is 6.10 Å². The Bertz CT molecular complexity index is 417. The molecule has 1 unspecified atom stereocenters. The van der Waals surface area contributed by atoms with Crippen molar-refractivity contribution < 1.29 is 14.2 Å². The molecule has 1 aliphatic rings. The molecule has 0 aliphatic carbocycles. The van der Waals surface area contributed by atoms with E-state index < -0.39 is 6.10 Å². The molecule has 1 aromatic rings. The van der Waals surface area contributed by atoms with Crippen molar-refractivity contribution in [3.63, 3.8) is 0 Å². The van der Waals surface area contributed by atoms with Crippen LogP contribution in [0.2, 0.25) is 0 Å². The van der Waals surface area contributed by atoms with Gasteiger partial charge in [0.1, 0.15) is 5.82 Å². The lowest BCUT2D eigenvalue weighted by Gasteiger charge is -2.30. The van der Waals surface area contributed by atoms with Gasteiger partial charge in [0.25, 0.3) is 0 Å². The highest BCUT2D eigenvalue weighted by molar-refractivity contribution is 5.54. The summed E-state index contributed by atoms with van der Waals surface area (Å²) in [6, 6.07) is 4.61. The SMILES string of the molecule is CC(O)c1cc(F)ccc1N(C)CC1CCOCC1. The summed E-state index contributed by atoms with van der Waals surface area (Å²) in [4.78, 5) is 2.11. The fourth-order valence-electron chi connectivity index (χ4n) is 2.62. The molecule has 0 bridgehead atoms. The molecule has 1 aliphatic heterocycles. The molecule has 1 N–H and O–H groups in total. The molecule has 0 saturated carbocycles. The fourth-order valence-corrected chi connectivity index (χ4v) is 2.62. The third-order valence-corrected chi connectivity index (χ3v) is 3.72. The van der Waals surface area contributed by atoms with Crippen LogP contribution < -0.4 is 4.90 Å². The van der Waals surface area contributed by atoms with Crippen LogP contribution >= 0.6 is 0 Å². The number of hydrogen-bond donors (Lipinski definition) is 1. The van der Waals surface area contributed by atoms with Gasteiger partial charge in [-0.2, -0.15) is 0 Å². The standard InChI is InChI=1S/C15H22FNO2/c1-11(18)14-9-13(16)3-4-15(14)17(2)10-12-5-7-19-8-6-12/h3-4,9,11-12,18H,5-8,10H2,1-2H3. The van der Waals surface area contributed by atoms with Gasteiger partial charge in [-0.15, -0.1) is 0 Å². The summed E-state index contributed by atoms with van der Waals surface area (Å²) in [5.41, 5.74) is 1.55. The van der Waals surface area contributed by atoms with Gasteiger partial charge in [-0.1, -0.05) is 0 Å². The van der Waals surface area contributed by atoms with Crippen LogP contribution in [0.1, 0.15) is 31.4 Å². The first kappa shape index (κ1) is 14.3. The molecule has 1 fully saturated rings. The highest BCUT2D eigenvalue weighted by atomic mass is 19.1. The summed E-state index contributed by atoms with van der Waals surface area (Å²) in [6.45, 7) is 4.23. The summed E-state index contributed by atoms with van der Waals surface area (Å²) < 4.78 is 18.6. The Kier molecular flexibility index (Phi) is 4.77. The quantitative estimate of drug-likeness (QED) is 0.910. The summed E-state index contributed by atoms with van der Waals surface area (Å²) >= 11 is 0. The van der Waals surface area contributed by atoms with Crippen LogP contribution in [0.15, 0.2) is 18.2 Å². The van der Waals surface area contributed by atoms with E-state index in [2.05, 4.69) is 4.90 Å². The van der Waals surface area contributed by atoms with E-state index >= 15 is 0 Å². The molecule has 106 valence electrons. The maximum Gasteiger partial charge on any atom is 0.123 e. The first-order chi connectivity index (χ1) is 9.08. The molecule has 2 rings (SSSR count). The Morgan fingerprint density at radius 3 is 2.74 bits per heavy atom. The van der Waals surface area contributed by atoms with Crippen LogP contribution in [0.4, 0.5) is 10.1 Å². The van der Waals surface area contributed by atoms with Gasteiger partial charge in [0.2, 0.25) is 0 Å². The smallest absolute Gasteiger partial charge is 0.123 e. The van der Waals surface area contributed by atoms with Gasteiger partial charge in [0, 0.05) is 38.1 Å². The van der Waals surface area contributed by atoms with E-state index in [1.54, 1.807) is 13.0 Å². The van der Waals surface area contributed by atoms with E-state index in [4.69, 9.17) is 4.74 Å². The van der Waals surface area contributed by atoms with Crippen molar-refractivity contribution in [2.45, 2.75) is 25.9 Å². The second-order valence-electron chi connectivity index (χ2n) is 5.32. The molecule has 0 radical (unpaired) electrons. The number of benzene rings is 1. The topological polar surface area (TPSA) is 32.7 Å². The van der Waals surface area contributed by atoms with Crippen molar-refractivity contribution in [2.75, 3.05) is 31.7 Å². The molecule has 4 heteroatoms. The van der Waals surface area contributed by atoms with Crippen LogP contribution in [-0.2, 0) is 4.74 Å². The van der Waals surface area contributed by atoms with Crippen molar-refractivity contribution in [1.29, 1.82) is 0 Å². The largest absolute Gasteiger partial charge is 0.389 e. The minimum atomic E-state index is -0.664. The molecule has 1 atom stereocenters. The second kappa shape index (κ2) is 6.35. The third-order valence-electron chi connectivity index (χ3n) is 3.72. The Morgan fingerprint density at radius 1 is 1.42 bits per heavy atom. The first-order valence-corrected chi connectivity index (χ1v) is 6.84. The predicted molar refractivity (Wildman–Crippen MR) is 73.8 cm³/mol. The maximum absolute atomic E-state index is 13.3. The zero-order valence-electron chi connectivity index (χ0n) is 11.6. The highest BCUT2D eigenvalue weighted by Gasteiger charge is 2.18. The summed E-state index contributed by atoms with van der Waals surface area (Å²) in [5.74, 6) is 0.296. The molecule has 0 aromatic heterocycles. The van der Waals surface area contributed by atoms with E-state index in [0.29, 0.717) is 11.5 Å². The number of rotatable bonds is 4. The number of hydrogen-bond acceptors (Lipinski definition) is 3. The zero-order chi connectivity index (χ0) is 13.8. The van der Waals surface area contributed by atoms with Crippen molar-refractivity contribution >= 4 is 5.69 Å². The van der Waals surface area contributed by atoms with Crippen molar-refractivity contribution in [2.24, 2.45) is 5.92 Å². The van der Waals surface area contributed by atoms with E-state index in [1.807, 2.05) is 7.05 Å². The minimum absolute atomic E-state index is 0.306. The van der Waals surface area contributed by atoms with Gasteiger partial charge in [-0.3, -0.25) is 0 Å². The number of aliphatic hydroxyl groups excluding tert-OH is 1. The van der Waals surface area contributed by atoms with Crippen molar-refractivity contribution in [3.05, 3.63) is 29.6 Å². The average molecular weight is 267 g/mol. The molecule has 1 aromatic carbocycles. The van der Waals surface area contributed by atoms with Crippen LogP contribution in [0, 0.1) is 11.7 Å². The zero-order valence-corrected chi connectivity index (χ0v) is 11.6. The maximum atomic E-state index is 13.3. The summed E-state index contributed by atoms with van der Waals surface area (Å²) in [6.07, 6.45) is 1.47. The average Bonchev–Trinajstić information content (AvgIpc) is 2.39. The first-order valence-electron chi connectivity index (χ1n) is 6.84. The molecule has 0 amide bonds. The highest BCUT2D eigenvalue weighted by Crippen LogP contribution is 2.28. The second-order valence-corrected chi connectivity index (χ2v) is 5.32. The van der Waals surface area contributed by atoms with Crippen molar-refractivity contribution in [3.8, 4) is 0 Å². The summed E-state index contributed by atoms with van der Waals surface area (Å²) in [7, 11) is 1.99. The van der Waals surface area contributed by atoms with E-state index in [-0.39, 0.29) is 5.82 Å². The Labute approximate surface area is 114 Å². The van der Waals surface area contributed by atoms with E-state index in [0.717, 1.165) is 38.3 Å². The lowest BCUT2D eigenvalue weighted by Crippen LogP contribution is -2.30. The van der Waals surface area contributed by atoms with Crippen molar-refractivity contribution in [1.82, 2.24) is 0 Å². The van der Waals surface area contributed by atoms with E-state index in [1.165, 1.54) is 12.1 Å². The fraction of sp³-hybridized carbons (Fsp3) is 0.600. The van der Waals surface area contributed by atoms with E-state index in [9.17, 15) is 9.50 Å². The molecule has 0 spiro atoms. The molecule has 1 heterocycles. The number of halogens is 1. The molecule has 19 heavy (non-hydrogen) atoms. The Morgan fingerprint density at radius 2 is 2.11 bits per heavy atom. The summed E-state index contributed by atoms with van der Waals surface area (Å²) in [5, 5.41) is 9.77. The van der Waals surface area contributed by atoms with Gasteiger partial charge < -0.3 is 14.7 Å². The van der Waals surface area contributed by atoms with Gasteiger partial charge >= 0.3 is 0 Å². The number of ether oxygens (including phenoxy) is 1. The van der Waals surface area contributed by atoms with Crippen LogP contribution in [-0.4, -0.2) is 31.9 Å². The number of nitrogens with zero attached hydrogens (tertiary/aromatic N) is 1. The van der Waals surface area contributed by atoms with Crippen LogP contribution in [0.25, 0.3) is 0 Å². The molecule has 3 nitrogen and oxygen atoms in total. The van der Waals surface area contributed by atoms with Gasteiger partial charge in [-0.05, 0) is 43.9 Å². The normalized spacial score (nSPS) is 18.3. The lowest BCUT2D eigenvalue weighted by atomic mass is 9.99. The molecule has 1 saturated heterocycles. The monoisotopic (exact) mass is 267 g/mol. The Balaban J connectivity index is 2.11. The number of aliphatic hydroxyl groups is 1. The molecular weight excluding hydrogens is 245 g/mol. The minimum Gasteiger partial charge on any atom is -0.389 e. The van der Waals surface area contributed by atoms with Gasteiger partial charge in [-0.25, -0.2) is 4.39 Å². The molecular formula is C15H22FNO2. The van der Waals surface area contributed by atoms with Crippen LogP contribution in [0.3, 0.4) is 0 Å².